The molecule has 0 bridgehead atoms. The molecule has 1 fully saturated rings. The predicted molar refractivity (Wildman–Crippen MR) is 73.2 cm³/mol. The van der Waals surface area contributed by atoms with Gasteiger partial charge in [0.1, 0.15) is 0 Å². The molecule has 0 aliphatic carbocycles. The lowest BCUT2D eigenvalue weighted by Crippen LogP contribution is -2.40. The zero-order valence-electron chi connectivity index (χ0n) is 11.2. The van der Waals surface area contributed by atoms with Crippen molar-refractivity contribution >= 4 is 11.6 Å². The molecule has 4 nitrogen and oxygen atoms in total. The Hall–Kier alpha value is -1.53. The highest BCUT2D eigenvalue weighted by atomic mass is 19.2. The molecule has 1 aliphatic heterocycles. The highest BCUT2D eigenvalue weighted by Gasteiger charge is 2.19. The number of amides is 1. The normalized spacial score (nSPS) is 17.1. The van der Waals surface area contributed by atoms with Crippen molar-refractivity contribution in [3.63, 3.8) is 0 Å². The first-order valence-corrected chi connectivity index (χ1v) is 6.76. The highest BCUT2D eigenvalue weighted by Crippen LogP contribution is 2.16. The first-order chi connectivity index (χ1) is 9.58. The van der Waals surface area contributed by atoms with Gasteiger partial charge in [0.25, 0.3) is 0 Å². The van der Waals surface area contributed by atoms with Gasteiger partial charge in [0, 0.05) is 11.8 Å². The summed E-state index contributed by atoms with van der Waals surface area (Å²) in [6, 6.07) is 3.32. The summed E-state index contributed by atoms with van der Waals surface area (Å²) in [6.07, 6.45) is 1.99. The monoisotopic (exact) mass is 283 g/mol. The summed E-state index contributed by atoms with van der Waals surface area (Å²) in [6.45, 7) is 2.63. The number of anilines is 1. The van der Waals surface area contributed by atoms with E-state index in [0.717, 1.165) is 38.1 Å². The minimum Gasteiger partial charge on any atom is -0.330 e. The van der Waals surface area contributed by atoms with Gasteiger partial charge in [0.05, 0.1) is 6.54 Å². The Labute approximate surface area is 116 Å². The quantitative estimate of drug-likeness (QED) is 0.882. The number of benzene rings is 1. The van der Waals surface area contributed by atoms with Gasteiger partial charge in [-0.2, -0.15) is 0 Å². The Kier molecular flexibility index (Phi) is 5.03. The zero-order valence-corrected chi connectivity index (χ0v) is 11.2. The first-order valence-electron chi connectivity index (χ1n) is 6.76. The number of carbonyl (C=O) groups excluding carboxylic acids is 1. The van der Waals surface area contributed by atoms with Crippen LogP contribution in [0.3, 0.4) is 0 Å². The van der Waals surface area contributed by atoms with E-state index in [1.54, 1.807) is 0 Å². The molecule has 1 aromatic carbocycles. The molecule has 1 aromatic rings. The van der Waals surface area contributed by atoms with Crippen molar-refractivity contribution in [2.24, 2.45) is 11.7 Å². The molecule has 1 saturated heterocycles. The average molecular weight is 283 g/mol. The van der Waals surface area contributed by atoms with E-state index in [2.05, 4.69) is 5.32 Å². The van der Waals surface area contributed by atoms with E-state index < -0.39 is 11.6 Å². The molecule has 0 radical (unpaired) electrons. The molecule has 1 amide bonds. The number of likely N-dealkylation sites (tertiary alicyclic amines) is 1. The fourth-order valence-corrected chi connectivity index (χ4v) is 2.36. The van der Waals surface area contributed by atoms with Crippen LogP contribution >= 0.6 is 0 Å². The third-order valence-electron chi connectivity index (χ3n) is 3.61. The largest absolute Gasteiger partial charge is 0.330 e. The number of piperidine rings is 1. The standard InChI is InChI=1S/C14H19F2N3O/c15-12-2-1-11(7-13(12)16)18-14(20)9-19-5-3-10(8-17)4-6-19/h1-2,7,10H,3-6,8-9,17H2,(H,18,20). The Morgan fingerprint density at radius 3 is 2.60 bits per heavy atom. The number of nitrogens with zero attached hydrogens (tertiary/aromatic N) is 1. The van der Waals surface area contributed by atoms with Gasteiger partial charge in [-0.1, -0.05) is 0 Å². The van der Waals surface area contributed by atoms with Crippen LogP contribution in [0.25, 0.3) is 0 Å². The third-order valence-corrected chi connectivity index (χ3v) is 3.61. The van der Waals surface area contributed by atoms with Gasteiger partial charge in [-0.05, 0) is 50.5 Å². The summed E-state index contributed by atoms with van der Waals surface area (Å²) < 4.78 is 25.8. The number of rotatable bonds is 4. The van der Waals surface area contributed by atoms with E-state index in [4.69, 9.17) is 5.73 Å². The van der Waals surface area contributed by atoms with Crippen LogP contribution in [0.4, 0.5) is 14.5 Å². The summed E-state index contributed by atoms with van der Waals surface area (Å²) in [7, 11) is 0. The van der Waals surface area contributed by atoms with E-state index in [-0.39, 0.29) is 18.1 Å². The number of hydrogen-bond acceptors (Lipinski definition) is 3. The van der Waals surface area contributed by atoms with Gasteiger partial charge in [0.2, 0.25) is 5.91 Å². The number of carbonyl (C=O) groups is 1. The molecule has 0 aromatic heterocycles. The fourth-order valence-electron chi connectivity index (χ4n) is 2.36. The van der Waals surface area contributed by atoms with E-state index in [0.29, 0.717) is 12.5 Å². The molecule has 0 saturated carbocycles. The summed E-state index contributed by atoms with van der Waals surface area (Å²) in [5.41, 5.74) is 5.88. The van der Waals surface area contributed by atoms with Crippen molar-refractivity contribution in [2.75, 3.05) is 31.5 Å². The summed E-state index contributed by atoms with van der Waals surface area (Å²) >= 11 is 0. The lowest BCUT2D eigenvalue weighted by atomic mass is 9.97. The molecule has 1 aliphatic rings. The van der Waals surface area contributed by atoms with Gasteiger partial charge < -0.3 is 11.1 Å². The SMILES string of the molecule is NCC1CCN(CC(=O)Nc2ccc(F)c(F)c2)CC1. The second kappa shape index (κ2) is 6.76. The Morgan fingerprint density at radius 2 is 2.00 bits per heavy atom. The summed E-state index contributed by atoms with van der Waals surface area (Å²) in [5.74, 6) is -1.57. The van der Waals surface area contributed by atoms with E-state index >= 15 is 0 Å². The number of nitrogens with two attached hydrogens (primary N) is 1. The number of nitrogens with one attached hydrogen (secondary N) is 1. The summed E-state index contributed by atoms with van der Waals surface area (Å²) in [5, 5.41) is 2.57. The topological polar surface area (TPSA) is 58.4 Å². The number of hydrogen-bond donors (Lipinski definition) is 2. The Balaban J connectivity index is 1.82. The van der Waals surface area contributed by atoms with Gasteiger partial charge in [-0.3, -0.25) is 9.69 Å². The first kappa shape index (κ1) is 14.9. The minimum absolute atomic E-state index is 0.220. The second-order valence-corrected chi connectivity index (χ2v) is 5.13. The van der Waals surface area contributed by atoms with Crippen LogP contribution in [0.15, 0.2) is 18.2 Å². The molecular formula is C14H19F2N3O. The van der Waals surface area contributed by atoms with Crippen molar-refractivity contribution in [1.82, 2.24) is 4.90 Å². The van der Waals surface area contributed by atoms with Crippen molar-refractivity contribution in [3.8, 4) is 0 Å². The minimum atomic E-state index is -0.966. The third kappa shape index (κ3) is 3.98. The molecule has 6 heteroatoms. The molecular weight excluding hydrogens is 264 g/mol. The number of halogens is 2. The Morgan fingerprint density at radius 1 is 1.30 bits per heavy atom. The summed E-state index contributed by atoms with van der Waals surface area (Å²) in [4.78, 5) is 13.9. The maximum Gasteiger partial charge on any atom is 0.238 e. The van der Waals surface area contributed by atoms with E-state index in [9.17, 15) is 13.6 Å². The van der Waals surface area contributed by atoms with Crippen molar-refractivity contribution < 1.29 is 13.6 Å². The highest BCUT2D eigenvalue weighted by molar-refractivity contribution is 5.92. The predicted octanol–water partition coefficient (Wildman–Crippen LogP) is 1.57. The lowest BCUT2D eigenvalue weighted by Gasteiger charge is -2.30. The smallest absolute Gasteiger partial charge is 0.238 e. The van der Waals surface area contributed by atoms with Crippen LogP contribution in [0, 0.1) is 17.6 Å². The lowest BCUT2D eigenvalue weighted by molar-refractivity contribution is -0.117. The Bertz CT molecular complexity index is 473. The average Bonchev–Trinajstić information content (AvgIpc) is 2.44. The van der Waals surface area contributed by atoms with Crippen LogP contribution in [0.1, 0.15) is 12.8 Å². The molecule has 20 heavy (non-hydrogen) atoms. The second-order valence-electron chi connectivity index (χ2n) is 5.13. The van der Waals surface area contributed by atoms with Crippen LogP contribution in [-0.4, -0.2) is 37.0 Å². The maximum atomic E-state index is 13.0. The fraction of sp³-hybridized carbons (Fsp3) is 0.500. The van der Waals surface area contributed by atoms with Crippen LogP contribution in [0.5, 0.6) is 0 Å². The maximum absolute atomic E-state index is 13.0. The molecule has 110 valence electrons. The molecule has 0 unspecified atom stereocenters. The van der Waals surface area contributed by atoms with Crippen molar-refractivity contribution in [3.05, 3.63) is 29.8 Å². The van der Waals surface area contributed by atoms with E-state index in [1.807, 2.05) is 4.90 Å². The molecule has 0 spiro atoms. The molecule has 0 atom stereocenters. The van der Waals surface area contributed by atoms with Gasteiger partial charge in [0.15, 0.2) is 11.6 Å². The van der Waals surface area contributed by atoms with Crippen LogP contribution in [0.2, 0.25) is 0 Å². The van der Waals surface area contributed by atoms with Crippen molar-refractivity contribution in [1.29, 1.82) is 0 Å². The van der Waals surface area contributed by atoms with Crippen LogP contribution in [-0.2, 0) is 4.79 Å². The van der Waals surface area contributed by atoms with E-state index in [1.165, 1.54) is 6.07 Å². The van der Waals surface area contributed by atoms with Crippen molar-refractivity contribution in [2.45, 2.75) is 12.8 Å². The van der Waals surface area contributed by atoms with Gasteiger partial charge in [-0.25, -0.2) is 8.78 Å². The van der Waals surface area contributed by atoms with Gasteiger partial charge >= 0.3 is 0 Å². The molecule has 2 rings (SSSR count). The molecule has 3 N–H and O–H groups in total. The van der Waals surface area contributed by atoms with Crippen LogP contribution < -0.4 is 11.1 Å². The van der Waals surface area contributed by atoms with Gasteiger partial charge in [-0.15, -0.1) is 0 Å². The zero-order chi connectivity index (χ0) is 14.5. The molecule has 1 heterocycles.